The molecule has 26 heavy (non-hydrogen) atoms. The third-order valence-electron chi connectivity index (χ3n) is 3.91. The Kier molecular flexibility index (Phi) is 6.94. The summed E-state index contributed by atoms with van der Waals surface area (Å²) in [4.78, 5) is 18.0. The van der Waals surface area contributed by atoms with Crippen LogP contribution in [0, 0.1) is 0 Å². The van der Waals surface area contributed by atoms with Gasteiger partial charge in [-0.25, -0.2) is 12.7 Å². The van der Waals surface area contributed by atoms with Crippen molar-refractivity contribution >= 4 is 27.3 Å². The van der Waals surface area contributed by atoms with Crippen LogP contribution < -0.4 is 0 Å². The highest BCUT2D eigenvalue weighted by Crippen LogP contribution is 2.17. The maximum atomic E-state index is 12.9. The van der Waals surface area contributed by atoms with Crippen molar-refractivity contribution in [1.82, 2.24) is 14.1 Å². The predicted octanol–water partition coefficient (Wildman–Crippen LogP) is 2.20. The van der Waals surface area contributed by atoms with Crippen LogP contribution in [0.4, 0.5) is 0 Å². The van der Waals surface area contributed by atoms with Gasteiger partial charge in [-0.15, -0.1) is 11.3 Å². The Morgan fingerprint density at radius 1 is 1.00 bits per heavy atom. The van der Waals surface area contributed by atoms with E-state index in [9.17, 15) is 13.2 Å². The van der Waals surface area contributed by atoms with Crippen molar-refractivity contribution < 1.29 is 13.2 Å². The number of hydrogen-bond acceptors (Lipinski definition) is 5. The summed E-state index contributed by atoms with van der Waals surface area (Å²) in [5.74, 6) is -0.103. The molecule has 6 nitrogen and oxygen atoms in total. The lowest BCUT2D eigenvalue weighted by atomic mass is 10.2. The Hall–Kier alpha value is -1.74. The Balaban J connectivity index is 2.21. The van der Waals surface area contributed by atoms with Crippen LogP contribution in [0.1, 0.15) is 15.2 Å². The summed E-state index contributed by atoms with van der Waals surface area (Å²) in [6, 6.07) is 10.1. The summed E-state index contributed by atoms with van der Waals surface area (Å²) in [5.41, 5.74) is 0.484. The van der Waals surface area contributed by atoms with E-state index in [1.807, 2.05) is 36.5 Å². The van der Waals surface area contributed by atoms with Crippen LogP contribution in [0.25, 0.3) is 0 Å². The molecule has 1 amide bonds. The maximum absolute atomic E-state index is 12.9. The van der Waals surface area contributed by atoms with Gasteiger partial charge >= 0.3 is 0 Å². The highest BCUT2D eigenvalue weighted by atomic mass is 32.2. The molecule has 0 aliphatic rings. The standard InChI is InChI=1S/C18H25N3O3S2/c1-19(2)11-12-21(14-16-6-5-13-25-16)18(22)15-7-9-17(10-8-15)26(23,24)20(3)4/h5-10,13H,11-12,14H2,1-4H3. The van der Waals surface area contributed by atoms with Crippen molar-refractivity contribution in [2.75, 3.05) is 41.3 Å². The fourth-order valence-electron chi connectivity index (χ4n) is 2.33. The summed E-state index contributed by atoms with van der Waals surface area (Å²) in [6.45, 7) is 1.90. The van der Waals surface area contributed by atoms with Gasteiger partial charge in [0.2, 0.25) is 10.0 Å². The molecule has 0 unspecified atom stereocenters. The van der Waals surface area contributed by atoms with Crippen molar-refractivity contribution in [3.8, 4) is 0 Å². The number of carbonyl (C=O) groups is 1. The summed E-state index contributed by atoms with van der Waals surface area (Å²) in [7, 11) is 3.40. The zero-order valence-corrected chi connectivity index (χ0v) is 17.2. The number of benzene rings is 1. The molecule has 0 radical (unpaired) electrons. The molecule has 0 fully saturated rings. The summed E-state index contributed by atoms with van der Waals surface area (Å²) < 4.78 is 25.5. The van der Waals surface area contributed by atoms with Crippen LogP contribution in [-0.4, -0.2) is 69.7 Å². The van der Waals surface area contributed by atoms with Gasteiger partial charge in [0.25, 0.3) is 5.91 Å². The molecule has 0 bridgehead atoms. The van der Waals surface area contributed by atoms with Gasteiger partial charge in [0.05, 0.1) is 11.4 Å². The van der Waals surface area contributed by atoms with E-state index >= 15 is 0 Å². The number of likely N-dealkylation sites (N-methyl/N-ethyl adjacent to an activating group) is 1. The second-order valence-electron chi connectivity index (χ2n) is 6.42. The molecule has 1 aromatic heterocycles. The number of amides is 1. The third kappa shape index (κ3) is 5.14. The van der Waals surface area contributed by atoms with Gasteiger partial charge in [0.1, 0.15) is 0 Å². The SMILES string of the molecule is CN(C)CCN(Cc1cccs1)C(=O)c1ccc(S(=O)(=O)N(C)C)cc1. The number of sulfonamides is 1. The van der Waals surface area contributed by atoms with E-state index in [0.29, 0.717) is 18.7 Å². The second kappa shape index (κ2) is 8.77. The van der Waals surface area contributed by atoms with E-state index in [2.05, 4.69) is 0 Å². The maximum Gasteiger partial charge on any atom is 0.254 e. The van der Waals surface area contributed by atoms with Gasteiger partial charge in [0, 0.05) is 37.6 Å². The monoisotopic (exact) mass is 395 g/mol. The molecule has 0 atom stereocenters. The number of carbonyl (C=O) groups excluding carboxylic acids is 1. The average Bonchev–Trinajstić information content (AvgIpc) is 3.11. The second-order valence-corrected chi connectivity index (χ2v) is 9.61. The van der Waals surface area contributed by atoms with E-state index in [0.717, 1.165) is 15.7 Å². The Bertz CT molecular complexity index is 814. The number of rotatable bonds is 8. The van der Waals surface area contributed by atoms with Gasteiger partial charge in [-0.2, -0.15) is 0 Å². The molecule has 0 aliphatic carbocycles. The Morgan fingerprint density at radius 2 is 1.65 bits per heavy atom. The fourth-order valence-corrected chi connectivity index (χ4v) is 3.95. The molecule has 0 saturated carbocycles. The molecule has 1 heterocycles. The molecule has 0 spiro atoms. The highest BCUT2D eigenvalue weighted by Gasteiger charge is 2.20. The first-order valence-electron chi connectivity index (χ1n) is 8.21. The van der Waals surface area contributed by atoms with Crippen LogP contribution in [0.2, 0.25) is 0 Å². The topological polar surface area (TPSA) is 60.9 Å². The Morgan fingerprint density at radius 3 is 2.15 bits per heavy atom. The Labute approximate surface area is 159 Å². The first-order chi connectivity index (χ1) is 12.2. The fraction of sp³-hybridized carbons (Fsp3) is 0.389. The van der Waals surface area contributed by atoms with E-state index in [1.54, 1.807) is 28.4 Å². The lowest BCUT2D eigenvalue weighted by Crippen LogP contribution is -2.36. The van der Waals surface area contributed by atoms with Gasteiger partial charge in [-0.1, -0.05) is 6.07 Å². The molecule has 0 N–H and O–H groups in total. The van der Waals surface area contributed by atoms with Crippen molar-refractivity contribution in [3.63, 3.8) is 0 Å². The smallest absolute Gasteiger partial charge is 0.254 e. The van der Waals surface area contributed by atoms with E-state index in [4.69, 9.17) is 0 Å². The van der Waals surface area contributed by atoms with Gasteiger partial charge in [0.15, 0.2) is 0 Å². The molecule has 0 saturated heterocycles. The number of thiophene rings is 1. The minimum Gasteiger partial charge on any atom is -0.332 e. The van der Waals surface area contributed by atoms with E-state index < -0.39 is 10.0 Å². The predicted molar refractivity (Wildman–Crippen MR) is 105 cm³/mol. The molecule has 142 valence electrons. The van der Waals surface area contributed by atoms with E-state index in [1.165, 1.54) is 26.2 Å². The van der Waals surface area contributed by atoms with E-state index in [-0.39, 0.29) is 10.8 Å². The first kappa shape index (κ1) is 20.6. The quantitative estimate of drug-likeness (QED) is 0.688. The lowest BCUT2D eigenvalue weighted by Gasteiger charge is -2.24. The average molecular weight is 396 g/mol. The number of hydrogen-bond donors (Lipinski definition) is 0. The minimum atomic E-state index is -3.50. The van der Waals surface area contributed by atoms with Crippen molar-refractivity contribution in [1.29, 1.82) is 0 Å². The van der Waals surface area contributed by atoms with Gasteiger partial charge < -0.3 is 9.80 Å². The zero-order chi connectivity index (χ0) is 19.3. The molecular formula is C18H25N3O3S2. The summed E-state index contributed by atoms with van der Waals surface area (Å²) >= 11 is 1.61. The molecule has 1 aromatic carbocycles. The molecule has 2 aromatic rings. The summed E-state index contributed by atoms with van der Waals surface area (Å²) in [6.07, 6.45) is 0. The van der Waals surface area contributed by atoms with Gasteiger partial charge in [-0.05, 0) is 49.8 Å². The first-order valence-corrected chi connectivity index (χ1v) is 10.5. The largest absolute Gasteiger partial charge is 0.332 e. The molecule has 2 rings (SSSR count). The normalized spacial score (nSPS) is 11.9. The zero-order valence-electron chi connectivity index (χ0n) is 15.5. The van der Waals surface area contributed by atoms with Crippen molar-refractivity contribution in [3.05, 3.63) is 52.2 Å². The summed E-state index contributed by atoms with van der Waals surface area (Å²) in [5, 5.41) is 1.99. The van der Waals surface area contributed by atoms with Crippen LogP contribution in [0.3, 0.4) is 0 Å². The van der Waals surface area contributed by atoms with Crippen molar-refractivity contribution in [2.45, 2.75) is 11.4 Å². The molecular weight excluding hydrogens is 370 g/mol. The van der Waals surface area contributed by atoms with Crippen LogP contribution in [0.15, 0.2) is 46.7 Å². The van der Waals surface area contributed by atoms with Crippen molar-refractivity contribution in [2.24, 2.45) is 0 Å². The molecule has 8 heteroatoms. The lowest BCUT2D eigenvalue weighted by molar-refractivity contribution is 0.0733. The molecule has 0 aliphatic heterocycles. The van der Waals surface area contributed by atoms with Crippen LogP contribution >= 0.6 is 11.3 Å². The number of nitrogens with zero attached hydrogens (tertiary/aromatic N) is 3. The van der Waals surface area contributed by atoms with Gasteiger partial charge in [-0.3, -0.25) is 4.79 Å². The highest BCUT2D eigenvalue weighted by molar-refractivity contribution is 7.89. The third-order valence-corrected chi connectivity index (χ3v) is 6.60. The van der Waals surface area contributed by atoms with Crippen LogP contribution in [0.5, 0.6) is 0 Å². The minimum absolute atomic E-state index is 0.103. The van der Waals surface area contributed by atoms with Crippen LogP contribution in [-0.2, 0) is 16.6 Å².